The zero-order valence-corrected chi connectivity index (χ0v) is 28.9. The van der Waals surface area contributed by atoms with Crippen LogP contribution >= 0.6 is 11.3 Å². The summed E-state index contributed by atoms with van der Waals surface area (Å²) < 4.78 is 27.5. The smallest absolute Gasteiger partial charge is 0.251 e. The van der Waals surface area contributed by atoms with Crippen LogP contribution in [-0.4, -0.2) is 67.9 Å². The number of benzene rings is 2. The van der Waals surface area contributed by atoms with Crippen LogP contribution in [0.25, 0.3) is 0 Å². The predicted molar refractivity (Wildman–Crippen MR) is 185 cm³/mol. The molecule has 4 rings (SSSR count). The summed E-state index contributed by atoms with van der Waals surface area (Å²) in [5, 5.41) is 20.2. The summed E-state index contributed by atoms with van der Waals surface area (Å²) in [6, 6.07) is 16.1. The molecule has 4 aromatic rings. The van der Waals surface area contributed by atoms with Gasteiger partial charge in [0.1, 0.15) is 5.82 Å². The minimum atomic E-state index is -3.70. The van der Waals surface area contributed by atoms with Crippen molar-refractivity contribution in [2.24, 2.45) is 7.05 Å². The van der Waals surface area contributed by atoms with Crippen LogP contribution in [0, 0.1) is 6.92 Å². The molecule has 14 heteroatoms. The number of aromatic nitrogens is 2. The summed E-state index contributed by atoms with van der Waals surface area (Å²) in [5.74, 6) is -0.644. The van der Waals surface area contributed by atoms with Crippen molar-refractivity contribution in [2.45, 2.75) is 45.3 Å². The van der Waals surface area contributed by atoms with Gasteiger partial charge in [0.2, 0.25) is 15.9 Å². The molecular formula is C33H41N7O5S2. The lowest BCUT2D eigenvalue weighted by Crippen LogP contribution is -2.48. The van der Waals surface area contributed by atoms with Crippen molar-refractivity contribution in [1.82, 2.24) is 25.7 Å². The number of sulfonamides is 1. The number of anilines is 2. The highest BCUT2D eigenvalue weighted by molar-refractivity contribution is 7.92. The van der Waals surface area contributed by atoms with Crippen molar-refractivity contribution in [2.75, 3.05) is 29.5 Å². The molecule has 250 valence electrons. The van der Waals surface area contributed by atoms with Gasteiger partial charge in [-0.25, -0.2) is 8.42 Å². The molecule has 3 atom stereocenters. The molecule has 0 spiro atoms. The summed E-state index contributed by atoms with van der Waals surface area (Å²) in [7, 11) is -0.588. The lowest BCUT2D eigenvalue weighted by atomic mass is 10.0. The van der Waals surface area contributed by atoms with E-state index in [2.05, 4.69) is 26.4 Å². The van der Waals surface area contributed by atoms with Crippen molar-refractivity contribution in [1.29, 1.82) is 0 Å². The van der Waals surface area contributed by atoms with Crippen LogP contribution in [0.2, 0.25) is 0 Å². The first-order valence-electron chi connectivity index (χ1n) is 15.0. The fraction of sp³-hybridized carbons (Fsp3) is 0.333. The van der Waals surface area contributed by atoms with E-state index in [4.69, 9.17) is 0 Å². The lowest BCUT2D eigenvalue weighted by Gasteiger charge is -2.23. The van der Waals surface area contributed by atoms with E-state index in [0.29, 0.717) is 12.2 Å². The number of hydrogen-bond acceptors (Lipinski definition) is 8. The van der Waals surface area contributed by atoms with Crippen LogP contribution < -0.4 is 25.6 Å². The van der Waals surface area contributed by atoms with Gasteiger partial charge in [0.05, 0.1) is 29.7 Å². The number of aryl methyl sites for hydroxylation is 2. The molecule has 0 aliphatic heterocycles. The predicted octanol–water partition coefficient (Wildman–Crippen LogP) is 3.63. The van der Waals surface area contributed by atoms with Gasteiger partial charge in [-0.3, -0.25) is 23.4 Å². The van der Waals surface area contributed by atoms with E-state index in [-0.39, 0.29) is 35.3 Å². The average Bonchev–Trinajstić information content (AvgIpc) is 3.66. The van der Waals surface area contributed by atoms with E-state index < -0.39 is 33.9 Å². The summed E-state index contributed by atoms with van der Waals surface area (Å²) in [6.45, 7) is 5.66. The Morgan fingerprint density at radius 2 is 1.64 bits per heavy atom. The highest BCUT2D eigenvalue weighted by Gasteiger charge is 2.23. The fourth-order valence-corrected chi connectivity index (χ4v) is 6.03. The maximum atomic E-state index is 13.8. The van der Waals surface area contributed by atoms with Gasteiger partial charge in [0.25, 0.3) is 11.8 Å². The van der Waals surface area contributed by atoms with Gasteiger partial charge in [-0.1, -0.05) is 30.3 Å². The number of thiophene rings is 1. The topological polar surface area (TPSA) is 155 Å². The Morgan fingerprint density at radius 1 is 0.979 bits per heavy atom. The highest BCUT2D eigenvalue weighted by Crippen LogP contribution is 2.22. The van der Waals surface area contributed by atoms with Gasteiger partial charge in [-0.05, 0) is 73.3 Å². The first-order valence-corrected chi connectivity index (χ1v) is 17.8. The molecule has 0 aliphatic rings. The minimum Gasteiger partial charge on any atom is -0.348 e. The van der Waals surface area contributed by atoms with E-state index in [1.54, 1.807) is 24.7 Å². The fourth-order valence-electron chi connectivity index (χ4n) is 4.86. The van der Waals surface area contributed by atoms with E-state index in [9.17, 15) is 22.8 Å². The third-order valence-electron chi connectivity index (χ3n) is 7.66. The summed E-state index contributed by atoms with van der Waals surface area (Å²) in [6.07, 6.45) is 1.52. The van der Waals surface area contributed by atoms with Gasteiger partial charge in [-0.2, -0.15) is 16.4 Å². The maximum absolute atomic E-state index is 13.8. The number of carbonyl (C=O) groups excluding carboxylic acids is 3. The summed E-state index contributed by atoms with van der Waals surface area (Å²) in [4.78, 5) is 40.1. The number of rotatable bonds is 14. The number of amides is 3. The Morgan fingerprint density at radius 3 is 2.21 bits per heavy atom. The third-order valence-corrected chi connectivity index (χ3v) is 9.60. The Balaban J connectivity index is 1.54. The summed E-state index contributed by atoms with van der Waals surface area (Å²) in [5.41, 5.74) is 3.09. The molecule has 3 amide bonds. The minimum absolute atomic E-state index is 0.114. The first kappa shape index (κ1) is 35.3. The molecule has 2 aromatic heterocycles. The Hall–Kier alpha value is -4.53. The Kier molecular flexibility index (Phi) is 11.6. The van der Waals surface area contributed by atoms with Crippen LogP contribution in [0.4, 0.5) is 11.5 Å². The van der Waals surface area contributed by atoms with Crippen LogP contribution in [0.15, 0.2) is 71.4 Å². The maximum Gasteiger partial charge on any atom is 0.251 e. The Labute approximate surface area is 279 Å². The number of nitrogens with zero attached hydrogens (tertiary/aromatic N) is 3. The zero-order valence-electron chi connectivity index (χ0n) is 27.3. The molecular weight excluding hydrogens is 639 g/mol. The monoisotopic (exact) mass is 679 g/mol. The van der Waals surface area contributed by atoms with Crippen molar-refractivity contribution in [3.05, 3.63) is 99.4 Å². The Bertz CT molecular complexity index is 1810. The molecule has 0 radical (unpaired) electrons. The van der Waals surface area contributed by atoms with Crippen LogP contribution in [0.1, 0.15) is 57.4 Å². The van der Waals surface area contributed by atoms with Gasteiger partial charge >= 0.3 is 0 Å². The van der Waals surface area contributed by atoms with Crippen LogP contribution in [0.3, 0.4) is 0 Å². The normalized spacial score (nSPS) is 13.3. The van der Waals surface area contributed by atoms with Gasteiger partial charge < -0.3 is 21.3 Å². The second kappa shape index (κ2) is 15.4. The van der Waals surface area contributed by atoms with Gasteiger partial charge in [0, 0.05) is 43.9 Å². The number of carbonyl (C=O) groups is 3. The molecule has 47 heavy (non-hydrogen) atoms. The number of nitrogens with one attached hydrogen (secondary N) is 4. The first-order chi connectivity index (χ1) is 22.2. The van der Waals surface area contributed by atoms with E-state index >= 15 is 0 Å². The molecule has 0 fully saturated rings. The van der Waals surface area contributed by atoms with Crippen LogP contribution in [-0.2, 0) is 28.3 Å². The highest BCUT2D eigenvalue weighted by atomic mass is 32.2. The van der Waals surface area contributed by atoms with Crippen molar-refractivity contribution >= 4 is 50.6 Å². The molecule has 0 unspecified atom stereocenters. The second-order valence-electron chi connectivity index (χ2n) is 11.5. The van der Waals surface area contributed by atoms with Crippen molar-refractivity contribution in [3.63, 3.8) is 0 Å². The van der Waals surface area contributed by atoms with E-state index in [0.717, 1.165) is 27.4 Å². The quantitative estimate of drug-likeness (QED) is 0.159. The van der Waals surface area contributed by atoms with Gasteiger partial charge in [0.15, 0.2) is 0 Å². The molecule has 2 aromatic carbocycles. The van der Waals surface area contributed by atoms with Crippen molar-refractivity contribution in [3.8, 4) is 0 Å². The molecule has 4 N–H and O–H groups in total. The average molecular weight is 680 g/mol. The number of hydrogen-bond donors (Lipinski definition) is 4. The molecule has 12 nitrogen and oxygen atoms in total. The van der Waals surface area contributed by atoms with E-state index in [1.165, 1.54) is 36.6 Å². The largest absolute Gasteiger partial charge is 0.348 e. The van der Waals surface area contributed by atoms with Crippen LogP contribution in [0.5, 0.6) is 0 Å². The second-order valence-corrected chi connectivity index (χ2v) is 14.3. The van der Waals surface area contributed by atoms with Gasteiger partial charge in [-0.15, -0.1) is 0 Å². The molecule has 0 saturated carbocycles. The third kappa shape index (κ3) is 9.73. The lowest BCUT2D eigenvalue weighted by molar-refractivity contribution is -0.117. The molecule has 0 aliphatic carbocycles. The van der Waals surface area contributed by atoms with E-state index in [1.807, 2.05) is 61.0 Å². The molecule has 0 saturated heterocycles. The molecule has 2 heterocycles. The zero-order chi connectivity index (χ0) is 34.3. The molecule has 0 bridgehead atoms. The summed E-state index contributed by atoms with van der Waals surface area (Å²) >= 11 is 1.53. The standard InChI is InChI=1S/C33H41N7O5S2/c1-21-14-30(39(4)38-21)37-31(41)23(3)34-19-28(15-24-12-13-46-20-24)36-33(43)27-16-26(17-29(18-27)40(5)47(6,44)45)32(42)35-22(2)25-10-8-7-9-11-25/h7-14,16-18,20,22-23,28,34H,15,19H2,1-6H3,(H,35,42)(H,36,43)(H,37,41)/t22-,23+,28+/m1/s1. The van der Waals surface area contributed by atoms with Crippen molar-refractivity contribution < 1.29 is 22.8 Å². The SMILES string of the molecule is Cc1cc(NC(=O)[C@H](C)NC[C@H](Cc2ccsc2)NC(=O)c2cc(C(=O)N[C@H](C)c3ccccc3)cc(N(C)S(C)(=O)=O)c2)n(C)n1.